The fourth-order valence-electron chi connectivity index (χ4n) is 2.99. The maximum absolute atomic E-state index is 12.7. The number of ether oxygens (including phenoxy) is 1. The predicted octanol–water partition coefficient (Wildman–Crippen LogP) is 1.81. The summed E-state index contributed by atoms with van der Waals surface area (Å²) in [5, 5.41) is 11.7. The van der Waals surface area contributed by atoms with Crippen molar-refractivity contribution < 1.29 is 24.2 Å². The van der Waals surface area contributed by atoms with Crippen LogP contribution in [0.3, 0.4) is 0 Å². The maximum Gasteiger partial charge on any atom is 0.408 e. The number of likely N-dealkylation sites (tertiary alicyclic amines) is 1. The summed E-state index contributed by atoms with van der Waals surface area (Å²) in [6, 6.07) is 8.80. The number of aliphatic carboxylic acids is 1. The van der Waals surface area contributed by atoms with E-state index in [1.807, 2.05) is 30.3 Å². The fraction of sp³-hybridized carbons (Fsp3) is 0.500. The quantitative estimate of drug-likeness (QED) is 0.791. The van der Waals surface area contributed by atoms with Gasteiger partial charge in [0, 0.05) is 6.42 Å². The summed E-state index contributed by atoms with van der Waals surface area (Å²) in [5.74, 6) is -1.51. The number of hydrogen-bond donors (Lipinski definition) is 2. The zero-order valence-corrected chi connectivity index (χ0v) is 14.9. The molecule has 0 aliphatic carbocycles. The first-order valence-electron chi connectivity index (χ1n) is 8.13. The normalized spacial score (nSPS) is 23.0. The summed E-state index contributed by atoms with van der Waals surface area (Å²) in [7, 11) is 0. The number of carboxylic acids is 1. The summed E-state index contributed by atoms with van der Waals surface area (Å²) < 4.78 is 5.28. The van der Waals surface area contributed by atoms with Crippen molar-refractivity contribution in [1.29, 1.82) is 0 Å². The summed E-state index contributed by atoms with van der Waals surface area (Å²) in [5.41, 5.74) is -1.04. The van der Waals surface area contributed by atoms with Gasteiger partial charge in [-0.3, -0.25) is 9.59 Å². The van der Waals surface area contributed by atoms with Gasteiger partial charge in [0.25, 0.3) is 5.91 Å². The van der Waals surface area contributed by atoms with Crippen LogP contribution >= 0.6 is 0 Å². The Hall–Kier alpha value is -2.57. The average Bonchev–Trinajstić information content (AvgIpc) is 2.50. The molecule has 0 spiro atoms. The Kier molecular flexibility index (Phi) is 5.06. The number of carbonyl (C=O) groups excluding carboxylic acids is 2. The second-order valence-corrected chi connectivity index (χ2v) is 7.26. The molecule has 0 bridgehead atoms. The fourth-order valence-corrected chi connectivity index (χ4v) is 2.99. The molecular weight excluding hydrogens is 324 g/mol. The van der Waals surface area contributed by atoms with Gasteiger partial charge in [-0.1, -0.05) is 30.3 Å². The van der Waals surface area contributed by atoms with Gasteiger partial charge in [0.05, 0.1) is 6.04 Å². The molecule has 1 aromatic rings. The van der Waals surface area contributed by atoms with E-state index >= 15 is 0 Å². The number of nitrogens with one attached hydrogen (secondary N) is 1. The van der Waals surface area contributed by atoms with E-state index in [1.54, 1.807) is 27.7 Å². The van der Waals surface area contributed by atoms with Gasteiger partial charge in [0.2, 0.25) is 0 Å². The van der Waals surface area contributed by atoms with E-state index in [0.717, 1.165) is 5.56 Å². The molecule has 7 heteroatoms. The van der Waals surface area contributed by atoms with Gasteiger partial charge < -0.3 is 20.1 Å². The lowest BCUT2D eigenvalue weighted by Gasteiger charge is -2.54. The van der Waals surface area contributed by atoms with Crippen molar-refractivity contribution in [3.8, 4) is 0 Å². The van der Waals surface area contributed by atoms with E-state index < -0.39 is 41.7 Å². The number of alkyl carbamates (subject to hydrolysis) is 1. The molecule has 136 valence electrons. The molecule has 0 saturated carbocycles. The van der Waals surface area contributed by atoms with Crippen LogP contribution in [0.25, 0.3) is 0 Å². The van der Waals surface area contributed by atoms with Gasteiger partial charge in [-0.25, -0.2) is 4.79 Å². The van der Waals surface area contributed by atoms with Crippen LogP contribution < -0.4 is 5.32 Å². The Morgan fingerprint density at radius 3 is 2.36 bits per heavy atom. The summed E-state index contributed by atoms with van der Waals surface area (Å²) in [6.45, 7) is 6.54. The van der Waals surface area contributed by atoms with Crippen LogP contribution in [0.2, 0.25) is 0 Å². The SMILES string of the molecule is C[C@H]1N(CC(=O)O)C(=O)[C@]1(Cc1ccccc1)NC(=O)OC(C)(C)C. The Morgan fingerprint density at radius 2 is 1.88 bits per heavy atom. The molecule has 7 nitrogen and oxygen atoms in total. The van der Waals surface area contributed by atoms with Gasteiger partial charge in [-0.05, 0) is 33.3 Å². The third-order valence-electron chi connectivity index (χ3n) is 4.18. The molecule has 0 aromatic heterocycles. The van der Waals surface area contributed by atoms with Crippen molar-refractivity contribution in [2.75, 3.05) is 6.54 Å². The van der Waals surface area contributed by atoms with E-state index in [4.69, 9.17) is 9.84 Å². The van der Waals surface area contributed by atoms with Crippen molar-refractivity contribution in [2.24, 2.45) is 0 Å². The minimum atomic E-state index is -1.21. The van der Waals surface area contributed by atoms with Crippen LogP contribution in [0.15, 0.2) is 30.3 Å². The Bertz CT molecular complexity index is 668. The van der Waals surface area contributed by atoms with Crippen molar-refractivity contribution in [3.05, 3.63) is 35.9 Å². The van der Waals surface area contributed by atoms with Crippen molar-refractivity contribution in [3.63, 3.8) is 0 Å². The maximum atomic E-state index is 12.7. The predicted molar refractivity (Wildman–Crippen MR) is 91.1 cm³/mol. The topological polar surface area (TPSA) is 95.9 Å². The standard InChI is InChI=1S/C18H24N2O5/c1-12-18(10-13-8-6-5-7-9-13,15(23)20(12)11-14(21)22)19-16(24)25-17(2,3)4/h5-9,12H,10-11H2,1-4H3,(H,19,24)(H,21,22)/t12-,18-/m1/s1. The smallest absolute Gasteiger partial charge is 0.408 e. The molecule has 2 N–H and O–H groups in total. The van der Waals surface area contributed by atoms with Crippen molar-refractivity contribution in [2.45, 2.75) is 51.3 Å². The molecule has 1 aromatic carbocycles. The van der Waals surface area contributed by atoms with Gasteiger partial charge in [-0.2, -0.15) is 0 Å². The largest absolute Gasteiger partial charge is 0.480 e. The summed E-state index contributed by atoms with van der Waals surface area (Å²) >= 11 is 0. The second kappa shape index (κ2) is 6.74. The van der Waals surface area contributed by atoms with Gasteiger partial charge in [-0.15, -0.1) is 0 Å². The number of nitrogens with zero attached hydrogens (tertiary/aromatic N) is 1. The number of carbonyl (C=O) groups is 3. The third kappa shape index (κ3) is 4.10. The number of carboxylic acid groups (broad SMARTS) is 1. The molecular formula is C18H24N2O5. The van der Waals surface area contributed by atoms with E-state index in [-0.39, 0.29) is 6.42 Å². The lowest BCUT2D eigenvalue weighted by atomic mass is 9.75. The zero-order chi connectivity index (χ0) is 18.8. The second-order valence-electron chi connectivity index (χ2n) is 7.26. The molecule has 2 atom stereocenters. The van der Waals surface area contributed by atoms with E-state index in [9.17, 15) is 14.4 Å². The molecule has 25 heavy (non-hydrogen) atoms. The van der Waals surface area contributed by atoms with Crippen LogP contribution in [-0.2, 0) is 20.7 Å². The van der Waals surface area contributed by atoms with Gasteiger partial charge in [0.1, 0.15) is 17.7 Å². The molecule has 1 saturated heterocycles. The molecule has 0 radical (unpaired) electrons. The van der Waals surface area contributed by atoms with Crippen molar-refractivity contribution in [1.82, 2.24) is 10.2 Å². The lowest BCUT2D eigenvalue weighted by Crippen LogP contribution is -2.80. The highest BCUT2D eigenvalue weighted by molar-refractivity contribution is 5.99. The molecule has 1 aliphatic heterocycles. The first-order valence-corrected chi connectivity index (χ1v) is 8.13. The highest BCUT2D eigenvalue weighted by atomic mass is 16.6. The van der Waals surface area contributed by atoms with Crippen LogP contribution in [-0.4, -0.2) is 51.7 Å². The molecule has 1 fully saturated rings. The lowest BCUT2D eigenvalue weighted by molar-refractivity contribution is -0.167. The minimum absolute atomic E-state index is 0.267. The van der Waals surface area contributed by atoms with Crippen LogP contribution in [0.1, 0.15) is 33.3 Å². The van der Waals surface area contributed by atoms with Crippen molar-refractivity contribution >= 4 is 18.0 Å². The number of amides is 2. The van der Waals surface area contributed by atoms with Crippen LogP contribution in [0.5, 0.6) is 0 Å². The summed E-state index contributed by atoms with van der Waals surface area (Å²) in [6.07, 6.45) is -0.429. The van der Waals surface area contributed by atoms with E-state index in [0.29, 0.717) is 0 Å². The van der Waals surface area contributed by atoms with Gasteiger partial charge in [0.15, 0.2) is 0 Å². The summed E-state index contributed by atoms with van der Waals surface area (Å²) in [4.78, 5) is 37.2. The highest BCUT2D eigenvalue weighted by Crippen LogP contribution is 2.34. The number of rotatable bonds is 5. The monoisotopic (exact) mass is 348 g/mol. The number of hydrogen-bond acceptors (Lipinski definition) is 4. The Morgan fingerprint density at radius 1 is 1.28 bits per heavy atom. The van der Waals surface area contributed by atoms with Crippen LogP contribution in [0.4, 0.5) is 4.79 Å². The van der Waals surface area contributed by atoms with Gasteiger partial charge >= 0.3 is 12.1 Å². The number of benzene rings is 1. The van der Waals surface area contributed by atoms with E-state index in [2.05, 4.69) is 5.32 Å². The van der Waals surface area contributed by atoms with Crippen LogP contribution in [0, 0.1) is 0 Å². The highest BCUT2D eigenvalue weighted by Gasteiger charge is 2.60. The molecule has 1 aliphatic rings. The minimum Gasteiger partial charge on any atom is -0.480 e. The Balaban J connectivity index is 2.25. The molecule has 1 heterocycles. The molecule has 2 amide bonds. The van der Waals surface area contributed by atoms with E-state index in [1.165, 1.54) is 4.90 Å². The average molecular weight is 348 g/mol. The first kappa shape index (κ1) is 18.8. The zero-order valence-electron chi connectivity index (χ0n) is 14.9. The molecule has 0 unspecified atom stereocenters. The molecule has 2 rings (SSSR count). The third-order valence-corrected chi connectivity index (χ3v) is 4.18. The first-order chi connectivity index (χ1) is 11.5. The Labute approximate surface area is 147 Å². The number of β-lactam (4-membered cyclic amide) rings is 1.